The topological polar surface area (TPSA) is 57.9 Å². The van der Waals surface area contributed by atoms with Gasteiger partial charge in [0.15, 0.2) is 0 Å². The van der Waals surface area contributed by atoms with E-state index in [2.05, 4.69) is 10.2 Å². The summed E-state index contributed by atoms with van der Waals surface area (Å²) in [4.78, 5) is 2.45. The van der Waals surface area contributed by atoms with Gasteiger partial charge in [0.25, 0.3) is 0 Å². The Balaban J connectivity index is 1.40. The lowest BCUT2D eigenvalue weighted by atomic mass is 10.1. The van der Waals surface area contributed by atoms with Crippen LogP contribution in [0, 0.1) is 0 Å². The first-order valence-electron chi connectivity index (χ1n) is 9.10. The highest BCUT2D eigenvalue weighted by Crippen LogP contribution is 2.24. The van der Waals surface area contributed by atoms with E-state index in [4.69, 9.17) is 9.15 Å². The van der Waals surface area contributed by atoms with E-state index >= 15 is 0 Å². The molecule has 1 fully saturated rings. The van der Waals surface area contributed by atoms with Crippen LogP contribution >= 0.6 is 0 Å². The minimum absolute atomic E-state index is 0.442. The zero-order valence-electron chi connectivity index (χ0n) is 14.9. The molecule has 1 aromatic carbocycles. The average molecular weight is 344 g/mol. The van der Waals surface area contributed by atoms with Crippen LogP contribution in [0.5, 0.6) is 0 Å². The number of benzene rings is 1. The molecule has 25 heavy (non-hydrogen) atoms. The summed E-state index contributed by atoms with van der Waals surface area (Å²) in [6.45, 7) is 8.44. The summed E-state index contributed by atoms with van der Waals surface area (Å²) in [6.07, 6.45) is 0.692. The molecule has 0 spiro atoms. The molecular weight excluding hydrogens is 316 g/mol. The Morgan fingerprint density at radius 1 is 1.12 bits per heavy atom. The number of nitrogens with one attached hydrogen (secondary N) is 1. The number of ether oxygens (including phenoxy) is 1. The van der Waals surface area contributed by atoms with Gasteiger partial charge in [-0.15, -0.1) is 0 Å². The fourth-order valence-electron chi connectivity index (χ4n) is 3.02. The molecule has 1 aliphatic heterocycles. The number of hydrogen-bond acceptors (Lipinski definition) is 5. The van der Waals surface area contributed by atoms with Crippen LogP contribution in [-0.2, 0) is 11.3 Å². The van der Waals surface area contributed by atoms with Crippen LogP contribution in [0.4, 0.5) is 0 Å². The van der Waals surface area contributed by atoms with Gasteiger partial charge in [-0.05, 0) is 44.1 Å². The lowest BCUT2D eigenvalue weighted by Gasteiger charge is -2.26. The van der Waals surface area contributed by atoms with Crippen molar-refractivity contribution in [2.45, 2.75) is 26.0 Å². The summed E-state index contributed by atoms with van der Waals surface area (Å²) in [5, 5.41) is 13.0. The number of rotatable bonds is 8. The molecule has 0 unspecified atom stereocenters. The van der Waals surface area contributed by atoms with Gasteiger partial charge < -0.3 is 19.6 Å². The predicted octanol–water partition coefficient (Wildman–Crippen LogP) is 2.81. The lowest BCUT2D eigenvalue weighted by molar-refractivity contribution is 0.0374. The number of aliphatic hydroxyl groups excluding tert-OH is 1. The molecule has 0 saturated carbocycles. The maximum Gasteiger partial charge on any atom is 0.134 e. The molecular formula is C20H28N2O3. The summed E-state index contributed by atoms with van der Waals surface area (Å²) in [6, 6.07) is 11.9. The van der Waals surface area contributed by atoms with Crippen molar-refractivity contribution in [1.29, 1.82) is 0 Å². The summed E-state index contributed by atoms with van der Waals surface area (Å²) in [5.74, 6) is 1.81. The van der Waals surface area contributed by atoms with Crippen LogP contribution in [-0.4, -0.2) is 49.4 Å². The Morgan fingerprint density at radius 2 is 1.88 bits per heavy atom. The van der Waals surface area contributed by atoms with E-state index in [1.165, 1.54) is 0 Å². The second-order valence-electron chi connectivity index (χ2n) is 6.55. The molecule has 1 atom stereocenters. The minimum atomic E-state index is -0.442. The van der Waals surface area contributed by atoms with Crippen molar-refractivity contribution in [3.63, 3.8) is 0 Å². The van der Waals surface area contributed by atoms with E-state index in [1.54, 1.807) is 6.92 Å². The van der Waals surface area contributed by atoms with Gasteiger partial charge in [0, 0.05) is 18.7 Å². The van der Waals surface area contributed by atoms with Gasteiger partial charge in [-0.1, -0.05) is 24.3 Å². The number of nitrogens with zero attached hydrogens (tertiary/aromatic N) is 1. The molecule has 0 amide bonds. The fourth-order valence-corrected chi connectivity index (χ4v) is 3.02. The quantitative estimate of drug-likeness (QED) is 0.721. The predicted molar refractivity (Wildman–Crippen MR) is 98.4 cm³/mol. The molecule has 2 N–H and O–H groups in total. The van der Waals surface area contributed by atoms with Crippen molar-refractivity contribution in [2.24, 2.45) is 0 Å². The first-order chi connectivity index (χ1) is 12.2. The molecule has 0 radical (unpaired) electrons. The van der Waals surface area contributed by atoms with Crippen LogP contribution in [0.2, 0.25) is 0 Å². The highest BCUT2D eigenvalue weighted by Gasteiger charge is 2.09. The molecule has 1 aliphatic rings. The first kappa shape index (κ1) is 18.1. The Morgan fingerprint density at radius 3 is 2.60 bits per heavy atom. The zero-order valence-corrected chi connectivity index (χ0v) is 14.9. The molecule has 1 aromatic heterocycles. The summed E-state index contributed by atoms with van der Waals surface area (Å²) in [5.41, 5.74) is 1.94. The molecule has 136 valence electrons. The van der Waals surface area contributed by atoms with Crippen LogP contribution in [0.15, 0.2) is 40.8 Å². The Kier molecular flexibility index (Phi) is 6.64. The summed E-state index contributed by atoms with van der Waals surface area (Å²) in [7, 11) is 0. The van der Waals surface area contributed by atoms with E-state index in [9.17, 15) is 5.11 Å². The number of aliphatic hydroxyl groups is 1. The van der Waals surface area contributed by atoms with Gasteiger partial charge >= 0.3 is 0 Å². The largest absolute Gasteiger partial charge is 0.460 e. The monoisotopic (exact) mass is 344 g/mol. The average Bonchev–Trinajstić information content (AvgIpc) is 3.11. The van der Waals surface area contributed by atoms with E-state index in [0.717, 1.165) is 75.0 Å². The lowest BCUT2D eigenvalue weighted by Crippen LogP contribution is -2.37. The zero-order chi connectivity index (χ0) is 17.5. The van der Waals surface area contributed by atoms with Gasteiger partial charge in [-0.2, -0.15) is 0 Å². The van der Waals surface area contributed by atoms with Crippen molar-refractivity contribution >= 4 is 0 Å². The highest BCUT2D eigenvalue weighted by molar-refractivity contribution is 5.58. The third-order valence-electron chi connectivity index (χ3n) is 4.57. The van der Waals surface area contributed by atoms with Gasteiger partial charge in [-0.3, -0.25) is 4.90 Å². The molecule has 1 saturated heterocycles. The van der Waals surface area contributed by atoms with Crippen LogP contribution in [0.3, 0.4) is 0 Å². The van der Waals surface area contributed by atoms with Crippen LogP contribution < -0.4 is 5.32 Å². The fraction of sp³-hybridized carbons (Fsp3) is 0.500. The number of furan rings is 1. The van der Waals surface area contributed by atoms with Gasteiger partial charge in [0.2, 0.25) is 0 Å². The van der Waals surface area contributed by atoms with Gasteiger partial charge in [0.05, 0.1) is 25.9 Å². The van der Waals surface area contributed by atoms with Gasteiger partial charge in [0.1, 0.15) is 11.5 Å². The van der Waals surface area contributed by atoms with E-state index in [1.807, 2.05) is 36.4 Å². The van der Waals surface area contributed by atoms with Crippen molar-refractivity contribution in [1.82, 2.24) is 10.2 Å². The Hall–Kier alpha value is -1.66. The van der Waals surface area contributed by atoms with Crippen molar-refractivity contribution in [2.75, 3.05) is 39.4 Å². The third kappa shape index (κ3) is 5.41. The third-order valence-corrected chi connectivity index (χ3v) is 4.57. The van der Waals surface area contributed by atoms with Crippen LogP contribution in [0.25, 0.3) is 11.3 Å². The Bertz CT molecular complexity index is 631. The van der Waals surface area contributed by atoms with Gasteiger partial charge in [-0.25, -0.2) is 0 Å². The Labute approximate surface area is 149 Å². The van der Waals surface area contributed by atoms with Crippen molar-refractivity contribution < 1.29 is 14.3 Å². The molecule has 0 aliphatic carbocycles. The summed E-state index contributed by atoms with van der Waals surface area (Å²) >= 11 is 0. The van der Waals surface area contributed by atoms with E-state index in [-0.39, 0.29) is 0 Å². The SMILES string of the molecule is C[C@H](O)c1ccc(-c2ccc(CNCCCN3CCOCC3)o2)cc1. The molecule has 3 rings (SSSR count). The minimum Gasteiger partial charge on any atom is -0.460 e. The number of morpholine rings is 1. The first-order valence-corrected chi connectivity index (χ1v) is 9.10. The van der Waals surface area contributed by atoms with E-state index < -0.39 is 6.10 Å². The molecule has 0 bridgehead atoms. The summed E-state index contributed by atoms with van der Waals surface area (Å²) < 4.78 is 11.3. The van der Waals surface area contributed by atoms with E-state index in [0.29, 0.717) is 0 Å². The second kappa shape index (κ2) is 9.15. The molecule has 5 nitrogen and oxygen atoms in total. The maximum absolute atomic E-state index is 9.57. The smallest absolute Gasteiger partial charge is 0.134 e. The second-order valence-corrected chi connectivity index (χ2v) is 6.55. The number of hydrogen-bond donors (Lipinski definition) is 2. The van der Waals surface area contributed by atoms with Crippen molar-refractivity contribution in [3.05, 3.63) is 47.7 Å². The highest BCUT2D eigenvalue weighted by atomic mass is 16.5. The normalized spacial score (nSPS) is 16.9. The standard InChI is InChI=1S/C20H28N2O3/c1-16(23)17-3-5-18(6-4-17)20-8-7-19(25-20)15-21-9-2-10-22-11-13-24-14-12-22/h3-8,16,21,23H,2,9-15H2,1H3/t16-/m0/s1. The van der Waals surface area contributed by atoms with Crippen molar-refractivity contribution in [3.8, 4) is 11.3 Å². The molecule has 2 aromatic rings. The maximum atomic E-state index is 9.57. The molecule has 5 heteroatoms. The molecule has 2 heterocycles. The van der Waals surface area contributed by atoms with Crippen LogP contribution in [0.1, 0.15) is 30.8 Å².